The van der Waals surface area contributed by atoms with Gasteiger partial charge in [0.15, 0.2) is 0 Å². The number of pyridine rings is 1. The summed E-state index contributed by atoms with van der Waals surface area (Å²) >= 11 is 1.38. The van der Waals surface area contributed by atoms with Crippen molar-refractivity contribution in [3.8, 4) is 0 Å². The molecule has 0 saturated heterocycles. The van der Waals surface area contributed by atoms with E-state index in [2.05, 4.69) is 15.6 Å². The molecule has 2 aromatic heterocycles. The summed E-state index contributed by atoms with van der Waals surface area (Å²) < 4.78 is 0. The van der Waals surface area contributed by atoms with Gasteiger partial charge < -0.3 is 15.5 Å². The first kappa shape index (κ1) is 23.7. The molecule has 1 unspecified atom stereocenters. The van der Waals surface area contributed by atoms with E-state index < -0.39 is 10.9 Å². The maximum absolute atomic E-state index is 13.2. The SMILES string of the molecule is CC1=CCC(NC(=O)c2sccc2NCc2ccnc3ccccc23)C=C1c1c(N(C)C)c(=O)c1=O. The van der Waals surface area contributed by atoms with E-state index in [9.17, 15) is 14.4 Å². The van der Waals surface area contributed by atoms with E-state index in [1.54, 1.807) is 25.2 Å². The van der Waals surface area contributed by atoms with Gasteiger partial charge in [-0.05, 0) is 53.6 Å². The van der Waals surface area contributed by atoms with Crippen LogP contribution in [0.4, 0.5) is 11.4 Å². The molecule has 4 aromatic rings. The monoisotopic (exact) mass is 498 g/mol. The molecule has 5 rings (SSSR count). The lowest BCUT2D eigenvalue weighted by molar-refractivity contribution is 0.0949. The lowest BCUT2D eigenvalue weighted by atomic mass is 9.87. The molecule has 0 saturated carbocycles. The van der Waals surface area contributed by atoms with Crippen LogP contribution in [0.5, 0.6) is 0 Å². The first-order valence-corrected chi connectivity index (χ1v) is 12.6. The number of nitrogens with one attached hydrogen (secondary N) is 2. The minimum absolute atomic E-state index is 0.182. The number of allylic oxidation sites excluding steroid dienone is 2. The number of rotatable bonds is 7. The minimum atomic E-state index is -0.474. The third-order valence-corrected chi connectivity index (χ3v) is 7.38. The number of nitrogens with zero attached hydrogens (tertiary/aromatic N) is 2. The quantitative estimate of drug-likeness (QED) is 0.373. The van der Waals surface area contributed by atoms with Crippen LogP contribution in [0.3, 0.4) is 0 Å². The van der Waals surface area contributed by atoms with Crippen molar-refractivity contribution in [1.29, 1.82) is 0 Å². The van der Waals surface area contributed by atoms with Gasteiger partial charge in [0.2, 0.25) is 10.9 Å². The second-order valence-electron chi connectivity index (χ2n) is 9.06. The number of thiophene rings is 1. The Balaban J connectivity index is 1.33. The van der Waals surface area contributed by atoms with Crippen molar-refractivity contribution in [2.75, 3.05) is 24.3 Å². The Hall–Kier alpha value is -4.04. The number of para-hydroxylation sites is 1. The summed E-state index contributed by atoms with van der Waals surface area (Å²) in [7, 11) is 3.50. The molecule has 0 bridgehead atoms. The molecule has 0 radical (unpaired) electrons. The van der Waals surface area contributed by atoms with E-state index in [1.807, 2.05) is 60.9 Å². The highest BCUT2D eigenvalue weighted by Crippen LogP contribution is 2.32. The number of hydrogen-bond donors (Lipinski definition) is 2. The largest absolute Gasteiger partial charge is 0.380 e. The van der Waals surface area contributed by atoms with E-state index in [4.69, 9.17) is 0 Å². The summed E-state index contributed by atoms with van der Waals surface area (Å²) in [6, 6.07) is 11.6. The Morgan fingerprint density at radius 1 is 1.14 bits per heavy atom. The normalized spacial score (nSPS) is 15.5. The maximum Gasteiger partial charge on any atom is 0.263 e. The summed E-state index contributed by atoms with van der Waals surface area (Å²) in [5.74, 6) is -0.182. The van der Waals surface area contributed by atoms with Crippen LogP contribution in [-0.4, -0.2) is 31.0 Å². The van der Waals surface area contributed by atoms with Gasteiger partial charge in [-0.25, -0.2) is 0 Å². The molecule has 1 aliphatic carbocycles. The van der Waals surface area contributed by atoms with Gasteiger partial charge in [0, 0.05) is 32.2 Å². The van der Waals surface area contributed by atoms with E-state index in [0.29, 0.717) is 34.7 Å². The van der Waals surface area contributed by atoms with E-state index in [1.165, 1.54) is 11.3 Å². The Kier molecular flexibility index (Phi) is 6.28. The van der Waals surface area contributed by atoms with Crippen LogP contribution in [0.1, 0.15) is 34.1 Å². The molecule has 2 aromatic carbocycles. The van der Waals surface area contributed by atoms with Crippen LogP contribution in [0.15, 0.2) is 75.3 Å². The first-order chi connectivity index (χ1) is 17.3. The summed E-state index contributed by atoms with van der Waals surface area (Å²) in [6.07, 6.45) is 6.30. The van der Waals surface area contributed by atoms with Gasteiger partial charge >= 0.3 is 0 Å². The molecule has 7 nitrogen and oxygen atoms in total. The number of anilines is 2. The highest BCUT2D eigenvalue weighted by Gasteiger charge is 2.28. The molecule has 1 aliphatic rings. The highest BCUT2D eigenvalue weighted by molar-refractivity contribution is 7.12. The first-order valence-electron chi connectivity index (χ1n) is 11.7. The molecule has 1 amide bonds. The third-order valence-electron chi connectivity index (χ3n) is 6.47. The topological polar surface area (TPSA) is 91.4 Å². The Morgan fingerprint density at radius 3 is 2.75 bits per heavy atom. The van der Waals surface area contributed by atoms with Gasteiger partial charge in [-0.3, -0.25) is 19.4 Å². The van der Waals surface area contributed by atoms with Crippen LogP contribution >= 0.6 is 11.3 Å². The lowest BCUT2D eigenvalue weighted by Crippen LogP contribution is -2.42. The Morgan fingerprint density at radius 2 is 1.94 bits per heavy atom. The average molecular weight is 499 g/mol. The highest BCUT2D eigenvalue weighted by atomic mass is 32.1. The van der Waals surface area contributed by atoms with Crippen LogP contribution in [0.25, 0.3) is 16.5 Å². The molecule has 0 fully saturated rings. The van der Waals surface area contributed by atoms with Crippen LogP contribution in [0.2, 0.25) is 0 Å². The van der Waals surface area contributed by atoms with Gasteiger partial charge in [0.05, 0.1) is 22.8 Å². The molecule has 1 atom stereocenters. The fourth-order valence-corrected chi connectivity index (χ4v) is 5.38. The molecule has 36 heavy (non-hydrogen) atoms. The summed E-state index contributed by atoms with van der Waals surface area (Å²) in [5.41, 5.74) is 4.35. The van der Waals surface area contributed by atoms with Crippen molar-refractivity contribution >= 4 is 45.1 Å². The zero-order chi connectivity index (χ0) is 25.4. The van der Waals surface area contributed by atoms with Crippen molar-refractivity contribution in [2.24, 2.45) is 0 Å². The third kappa shape index (κ3) is 4.24. The zero-order valence-corrected chi connectivity index (χ0v) is 21.1. The van der Waals surface area contributed by atoms with Crippen molar-refractivity contribution in [3.05, 3.63) is 102 Å². The predicted octanol–water partition coefficient (Wildman–Crippen LogP) is 4.10. The summed E-state index contributed by atoms with van der Waals surface area (Å²) in [4.78, 5) is 44.3. The zero-order valence-electron chi connectivity index (χ0n) is 20.3. The molecule has 2 heterocycles. The summed E-state index contributed by atoms with van der Waals surface area (Å²) in [5, 5.41) is 9.45. The molecule has 8 heteroatoms. The molecule has 0 aliphatic heterocycles. The molecule has 182 valence electrons. The second kappa shape index (κ2) is 9.54. The number of hydrogen-bond acceptors (Lipinski definition) is 7. The van der Waals surface area contributed by atoms with Crippen LogP contribution in [-0.2, 0) is 6.54 Å². The molecule has 2 N–H and O–H groups in total. The maximum atomic E-state index is 13.2. The van der Waals surface area contributed by atoms with Gasteiger partial charge in [0.25, 0.3) is 5.91 Å². The van der Waals surface area contributed by atoms with E-state index in [-0.39, 0.29) is 11.9 Å². The Bertz CT molecular complexity index is 1600. The number of carbonyl (C=O) groups is 1. The predicted molar refractivity (Wildman–Crippen MR) is 147 cm³/mol. The molecular formula is C28H26N4O3S. The fourth-order valence-electron chi connectivity index (χ4n) is 4.61. The number of fused-ring (bicyclic) bond motifs is 1. The second-order valence-corrected chi connectivity index (χ2v) is 9.98. The fraction of sp³-hybridized carbons (Fsp3) is 0.214. The smallest absolute Gasteiger partial charge is 0.263 e. The standard InChI is InChI=1S/C28H26N4O3S/c1-16-8-9-18(14-20(16)23-24(32(2)3)26(34)25(23)33)31-28(35)27-22(11-13-36-27)30-15-17-10-12-29-21-7-5-4-6-19(17)21/h4-8,10-14,18,30H,9,15H2,1-3H3,(H,31,35). The molecular weight excluding hydrogens is 472 g/mol. The van der Waals surface area contributed by atoms with Crippen LogP contribution in [0, 0.1) is 0 Å². The van der Waals surface area contributed by atoms with Crippen molar-refractivity contribution in [1.82, 2.24) is 10.3 Å². The van der Waals surface area contributed by atoms with Gasteiger partial charge in [-0.2, -0.15) is 0 Å². The average Bonchev–Trinajstić information content (AvgIpc) is 3.35. The number of benzene rings is 1. The van der Waals surface area contributed by atoms with E-state index >= 15 is 0 Å². The van der Waals surface area contributed by atoms with Crippen LogP contribution < -0.4 is 26.4 Å². The van der Waals surface area contributed by atoms with Gasteiger partial charge in [-0.15, -0.1) is 11.3 Å². The van der Waals surface area contributed by atoms with Crippen molar-refractivity contribution in [2.45, 2.75) is 25.9 Å². The number of amides is 1. The minimum Gasteiger partial charge on any atom is -0.380 e. The van der Waals surface area contributed by atoms with Gasteiger partial charge in [-0.1, -0.05) is 30.4 Å². The van der Waals surface area contributed by atoms with E-state index in [0.717, 1.165) is 27.7 Å². The summed E-state index contributed by atoms with van der Waals surface area (Å²) in [6.45, 7) is 2.48. The number of aromatic nitrogens is 1. The Labute approximate surface area is 212 Å². The van der Waals surface area contributed by atoms with Crippen molar-refractivity contribution < 1.29 is 4.79 Å². The van der Waals surface area contributed by atoms with Gasteiger partial charge in [0.1, 0.15) is 10.6 Å². The molecule has 0 spiro atoms. The number of carbonyl (C=O) groups excluding carboxylic acids is 1. The van der Waals surface area contributed by atoms with Crippen molar-refractivity contribution in [3.63, 3.8) is 0 Å². The lowest BCUT2D eigenvalue weighted by Gasteiger charge is -2.25.